The van der Waals surface area contributed by atoms with Crippen LogP contribution in [0.15, 0.2) is 11.3 Å². The van der Waals surface area contributed by atoms with E-state index in [2.05, 4.69) is 0 Å². The molecule has 0 fully saturated rings. The standard InChI is InChI=1S/C9H12O4/c1-5-7(12-3)4-8(9(5)11)13-6(2)10/h8H,4H2,1-3H3/t8-/m1/s1. The molecule has 1 aliphatic rings. The van der Waals surface area contributed by atoms with Crippen LogP contribution in [-0.4, -0.2) is 25.0 Å². The Hall–Kier alpha value is -1.32. The molecule has 0 bridgehead atoms. The van der Waals surface area contributed by atoms with E-state index in [1.807, 2.05) is 0 Å². The summed E-state index contributed by atoms with van der Waals surface area (Å²) in [7, 11) is 1.50. The molecule has 0 aromatic rings. The normalized spacial score (nSPS) is 22.1. The van der Waals surface area contributed by atoms with Gasteiger partial charge in [-0.2, -0.15) is 0 Å². The molecule has 0 heterocycles. The second-order valence-electron chi connectivity index (χ2n) is 2.92. The molecule has 4 nitrogen and oxygen atoms in total. The first kappa shape index (κ1) is 9.77. The predicted octanol–water partition coefficient (Wildman–Crippen LogP) is 0.811. The van der Waals surface area contributed by atoms with E-state index in [1.165, 1.54) is 14.0 Å². The third-order valence-electron chi connectivity index (χ3n) is 2.01. The van der Waals surface area contributed by atoms with Crippen molar-refractivity contribution in [3.05, 3.63) is 11.3 Å². The van der Waals surface area contributed by atoms with Gasteiger partial charge in [-0.1, -0.05) is 0 Å². The summed E-state index contributed by atoms with van der Waals surface area (Å²) in [5.74, 6) is 0.00630. The maximum Gasteiger partial charge on any atom is 0.303 e. The molecule has 72 valence electrons. The smallest absolute Gasteiger partial charge is 0.303 e. The number of rotatable bonds is 2. The van der Waals surface area contributed by atoms with Crippen molar-refractivity contribution in [1.29, 1.82) is 0 Å². The number of methoxy groups -OCH3 is 1. The molecule has 13 heavy (non-hydrogen) atoms. The van der Waals surface area contributed by atoms with Crippen LogP contribution in [-0.2, 0) is 19.1 Å². The van der Waals surface area contributed by atoms with Gasteiger partial charge in [0.25, 0.3) is 0 Å². The molecule has 0 saturated carbocycles. The quantitative estimate of drug-likeness (QED) is 0.596. The van der Waals surface area contributed by atoms with Gasteiger partial charge in [0.2, 0.25) is 5.78 Å². The van der Waals surface area contributed by atoms with E-state index >= 15 is 0 Å². The van der Waals surface area contributed by atoms with Gasteiger partial charge in [-0.25, -0.2) is 0 Å². The minimum absolute atomic E-state index is 0.160. The first-order valence-corrected chi connectivity index (χ1v) is 4.01. The monoisotopic (exact) mass is 184 g/mol. The first-order chi connectivity index (χ1) is 6.06. The molecular weight excluding hydrogens is 172 g/mol. The fraction of sp³-hybridized carbons (Fsp3) is 0.556. The Morgan fingerprint density at radius 1 is 1.54 bits per heavy atom. The van der Waals surface area contributed by atoms with Gasteiger partial charge in [0.05, 0.1) is 13.5 Å². The number of Topliss-reactive ketones (excluding diaryl/α,β-unsaturated/α-hetero) is 1. The van der Waals surface area contributed by atoms with Crippen LogP contribution in [0.3, 0.4) is 0 Å². The zero-order valence-electron chi connectivity index (χ0n) is 7.92. The number of ketones is 1. The molecule has 1 rings (SSSR count). The Bertz CT molecular complexity index is 277. The van der Waals surface area contributed by atoms with E-state index in [9.17, 15) is 9.59 Å². The van der Waals surface area contributed by atoms with Gasteiger partial charge in [-0.3, -0.25) is 9.59 Å². The highest BCUT2D eigenvalue weighted by atomic mass is 16.5. The average molecular weight is 184 g/mol. The minimum Gasteiger partial charge on any atom is -0.501 e. The molecule has 0 amide bonds. The molecule has 0 radical (unpaired) electrons. The lowest BCUT2D eigenvalue weighted by Crippen LogP contribution is -2.22. The molecule has 4 heteroatoms. The lowest BCUT2D eigenvalue weighted by molar-refractivity contribution is -0.151. The Morgan fingerprint density at radius 2 is 2.15 bits per heavy atom. The van der Waals surface area contributed by atoms with E-state index < -0.39 is 12.1 Å². The number of hydrogen-bond donors (Lipinski definition) is 0. The van der Waals surface area contributed by atoms with Crippen molar-refractivity contribution in [1.82, 2.24) is 0 Å². The average Bonchev–Trinajstić information content (AvgIpc) is 2.32. The topological polar surface area (TPSA) is 52.6 Å². The van der Waals surface area contributed by atoms with Crippen LogP contribution in [0, 0.1) is 0 Å². The minimum atomic E-state index is -0.674. The number of carbonyl (C=O) groups is 2. The number of esters is 1. The highest BCUT2D eigenvalue weighted by Gasteiger charge is 2.33. The summed E-state index contributed by atoms with van der Waals surface area (Å²) in [5, 5.41) is 0. The second kappa shape index (κ2) is 3.60. The zero-order chi connectivity index (χ0) is 10.0. The van der Waals surface area contributed by atoms with Gasteiger partial charge in [-0.05, 0) is 6.92 Å². The highest BCUT2D eigenvalue weighted by Crippen LogP contribution is 2.25. The lowest BCUT2D eigenvalue weighted by atomic mass is 10.2. The van der Waals surface area contributed by atoms with Crippen LogP contribution in [0.25, 0.3) is 0 Å². The van der Waals surface area contributed by atoms with Gasteiger partial charge in [0.1, 0.15) is 5.76 Å². The molecule has 0 aromatic heterocycles. The lowest BCUT2D eigenvalue weighted by Gasteiger charge is -2.08. The maximum absolute atomic E-state index is 11.4. The van der Waals surface area contributed by atoms with E-state index in [4.69, 9.17) is 9.47 Å². The van der Waals surface area contributed by atoms with Crippen LogP contribution in [0.4, 0.5) is 0 Å². The summed E-state index contributed by atoms with van der Waals surface area (Å²) in [4.78, 5) is 22.0. The SMILES string of the molecule is COC1=C(C)C(=O)[C@H](OC(C)=O)C1. The van der Waals surface area contributed by atoms with Crippen LogP contribution >= 0.6 is 0 Å². The molecular formula is C9H12O4. The van der Waals surface area contributed by atoms with Crippen molar-refractivity contribution >= 4 is 11.8 Å². The molecule has 0 N–H and O–H groups in total. The number of carbonyl (C=O) groups excluding carboxylic acids is 2. The van der Waals surface area contributed by atoms with E-state index in [-0.39, 0.29) is 5.78 Å². The molecule has 0 aliphatic heterocycles. The Balaban J connectivity index is 2.70. The first-order valence-electron chi connectivity index (χ1n) is 4.01. The third-order valence-corrected chi connectivity index (χ3v) is 2.01. The molecule has 0 spiro atoms. The largest absolute Gasteiger partial charge is 0.501 e. The molecule has 0 unspecified atom stereocenters. The number of ether oxygens (including phenoxy) is 2. The summed E-state index contributed by atoms with van der Waals surface area (Å²) in [6.07, 6.45) is -0.312. The fourth-order valence-corrected chi connectivity index (χ4v) is 1.33. The summed E-state index contributed by atoms with van der Waals surface area (Å²) in [5.41, 5.74) is 0.550. The third kappa shape index (κ3) is 1.88. The predicted molar refractivity (Wildman–Crippen MR) is 44.9 cm³/mol. The Morgan fingerprint density at radius 3 is 2.54 bits per heavy atom. The van der Waals surface area contributed by atoms with Crippen molar-refractivity contribution in [3.63, 3.8) is 0 Å². The van der Waals surface area contributed by atoms with E-state index in [1.54, 1.807) is 6.92 Å². The van der Waals surface area contributed by atoms with Gasteiger partial charge in [0.15, 0.2) is 6.10 Å². The van der Waals surface area contributed by atoms with Crippen LogP contribution in [0.2, 0.25) is 0 Å². The van der Waals surface area contributed by atoms with Gasteiger partial charge in [0, 0.05) is 12.5 Å². The van der Waals surface area contributed by atoms with Crippen LogP contribution in [0.1, 0.15) is 20.3 Å². The van der Waals surface area contributed by atoms with E-state index in [0.717, 1.165) is 0 Å². The summed E-state index contributed by atoms with van der Waals surface area (Å²) in [6.45, 7) is 2.96. The summed E-state index contributed by atoms with van der Waals surface area (Å²) in [6, 6.07) is 0. The fourth-order valence-electron chi connectivity index (χ4n) is 1.33. The van der Waals surface area contributed by atoms with Gasteiger partial charge >= 0.3 is 5.97 Å². The molecule has 0 saturated heterocycles. The van der Waals surface area contributed by atoms with Gasteiger partial charge < -0.3 is 9.47 Å². The summed E-state index contributed by atoms with van der Waals surface area (Å²) < 4.78 is 9.79. The Labute approximate surface area is 76.5 Å². The van der Waals surface area contributed by atoms with Crippen molar-refractivity contribution in [3.8, 4) is 0 Å². The highest BCUT2D eigenvalue weighted by molar-refractivity contribution is 6.02. The molecule has 1 atom stereocenters. The molecule has 0 aromatic carbocycles. The van der Waals surface area contributed by atoms with Crippen molar-refractivity contribution in [2.75, 3.05) is 7.11 Å². The number of hydrogen-bond acceptors (Lipinski definition) is 4. The summed E-state index contributed by atoms with van der Waals surface area (Å²) >= 11 is 0. The maximum atomic E-state index is 11.4. The second-order valence-corrected chi connectivity index (χ2v) is 2.92. The zero-order valence-corrected chi connectivity index (χ0v) is 7.92. The van der Waals surface area contributed by atoms with E-state index in [0.29, 0.717) is 17.8 Å². The van der Waals surface area contributed by atoms with Crippen LogP contribution in [0.5, 0.6) is 0 Å². The van der Waals surface area contributed by atoms with Crippen LogP contribution < -0.4 is 0 Å². The van der Waals surface area contributed by atoms with Crippen molar-refractivity contribution in [2.45, 2.75) is 26.4 Å². The molecule has 1 aliphatic carbocycles. The van der Waals surface area contributed by atoms with Crippen molar-refractivity contribution in [2.24, 2.45) is 0 Å². The Kier molecular flexibility index (Phi) is 2.70. The van der Waals surface area contributed by atoms with Gasteiger partial charge in [-0.15, -0.1) is 0 Å². The van der Waals surface area contributed by atoms with Crippen molar-refractivity contribution < 1.29 is 19.1 Å².